The van der Waals surface area contributed by atoms with Crippen LogP contribution in [0.1, 0.15) is 17.0 Å². The maximum atomic E-state index is 11.9. The van der Waals surface area contributed by atoms with Crippen molar-refractivity contribution < 1.29 is 0 Å². The lowest BCUT2D eigenvalue weighted by atomic mass is 10.1. The first-order valence-corrected chi connectivity index (χ1v) is 7.70. The monoisotopic (exact) mass is 299 g/mol. The van der Waals surface area contributed by atoms with Crippen molar-refractivity contribution in [2.75, 3.05) is 7.05 Å². The summed E-state index contributed by atoms with van der Waals surface area (Å²) in [6, 6.07) is 10.4. The highest BCUT2D eigenvalue weighted by molar-refractivity contribution is 7.17. The number of benzene rings is 1. The zero-order valence-corrected chi connectivity index (χ0v) is 12.9. The zero-order chi connectivity index (χ0) is 14.8. The van der Waals surface area contributed by atoms with Crippen LogP contribution in [0, 0.1) is 6.92 Å². The Kier molecular flexibility index (Phi) is 3.86. The van der Waals surface area contributed by atoms with Crippen molar-refractivity contribution in [2.24, 2.45) is 0 Å². The van der Waals surface area contributed by atoms with Gasteiger partial charge < -0.3 is 4.98 Å². The molecular weight excluding hydrogens is 282 g/mol. The number of hydrogen-bond acceptors (Lipinski definition) is 4. The van der Waals surface area contributed by atoms with Crippen molar-refractivity contribution in [3.8, 4) is 0 Å². The van der Waals surface area contributed by atoms with Crippen molar-refractivity contribution in [2.45, 2.75) is 20.0 Å². The van der Waals surface area contributed by atoms with E-state index in [0.29, 0.717) is 17.1 Å². The minimum Gasteiger partial charge on any atom is -0.308 e. The van der Waals surface area contributed by atoms with Gasteiger partial charge in [-0.05, 0) is 31.0 Å². The summed E-state index contributed by atoms with van der Waals surface area (Å²) in [5.74, 6) is 0.709. The van der Waals surface area contributed by atoms with Crippen molar-refractivity contribution in [3.63, 3.8) is 0 Å². The van der Waals surface area contributed by atoms with E-state index < -0.39 is 0 Å². The first-order valence-electron chi connectivity index (χ1n) is 6.82. The van der Waals surface area contributed by atoms with Gasteiger partial charge >= 0.3 is 0 Å². The lowest BCUT2D eigenvalue weighted by Gasteiger charge is -2.16. The van der Waals surface area contributed by atoms with E-state index in [0.717, 1.165) is 12.1 Å². The largest absolute Gasteiger partial charge is 0.308 e. The van der Waals surface area contributed by atoms with Gasteiger partial charge in [0, 0.05) is 6.54 Å². The van der Waals surface area contributed by atoms with E-state index in [4.69, 9.17) is 0 Å². The van der Waals surface area contributed by atoms with Crippen LogP contribution >= 0.6 is 11.3 Å². The minimum atomic E-state index is -0.0475. The van der Waals surface area contributed by atoms with E-state index in [1.54, 1.807) is 0 Å². The van der Waals surface area contributed by atoms with E-state index in [-0.39, 0.29) is 5.56 Å². The van der Waals surface area contributed by atoms with E-state index in [1.165, 1.54) is 22.5 Å². The van der Waals surface area contributed by atoms with Gasteiger partial charge in [-0.1, -0.05) is 29.8 Å². The Labute approximate surface area is 127 Å². The number of aryl methyl sites for hydroxylation is 1. The second kappa shape index (κ2) is 5.79. The van der Waals surface area contributed by atoms with Crippen molar-refractivity contribution in [1.29, 1.82) is 0 Å². The predicted molar refractivity (Wildman–Crippen MR) is 86.6 cm³/mol. The Morgan fingerprint density at radius 1 is 1.19 bits per heavy atom. The minimum absolute atomic E-state index is 0.0475. The Morgan fingerprint density at radius 3 is 2.71 bits per heavy atom. The third-order valence-corrected chi connectivity index (χ3v) is 4.26. The van der Waals surface area contributed by atoms with Crippen LogP contribution in [0.25, 0.3) is 10.2 Å². The van der Waals surface area contributed by atoms with Crippen LogP contribution in [0.15, 0.2) is 40.5 Å². The highest BCUT2D eigenvalue weighted by Crippen LogP contribution is 2.14. The summed E-state index contributed by atoms with van der Waals surface area (Å²) >= 11 is 1.43. The third-order valence-electron chi connectivity index (χ3n) is 3.36. The SMILES string of the molecule is Cc1ccc(CN(C)Cc2nc3ccsc3c(=O)[nH]2)cc1. The second-order valence-corrected chi connectivity index (χ2v) is 6.22. The predicted octanol–water partition coefficient (Wildman–Crippen LogP) is 2.93. The maximum Gasteiger partial charge on any atom is 0.268 e. The van der Waals surface area contributed by atoms with E-state index in [1.807, 2.05) is 18.5 Å². The number of thiophene rings is 1. The molecule has 3 rings (SSSR count). The Balaban J connectivity index is 1.75. The zero-order valence-electron chi connectivity index (χ0n) is 12.1. The van der Waals surface area contributed by atoms with Gasteiger partial charge in [0.1, 0.15) is 10.5 Å². The fourth-order valence-corrected chi connectivity index (χ4v) is 3.04. The summed E-state index contributed by atoms with van der Waals surface area (Å²) in [6.45, 7) is 3.53. The van der Waals surface area contributed by atoms with Crippen molar-refractivity contribution in [1.82, 2.24) is 14.9 Å². The molecule has 1 aromatic carbocycles. The van der Waals surface area contributed by atoms with Crippen LogP contribution in [0.3, 0.4) is 0 Å². The Morgan fingerprint density at radius 2 is 1.95 bits per heavy atom. The normalized spacial score (nSPS) is 11.4. The van der Waals surface area contributed by atoms with Crippen molar-refractivity contribution in [3.05, 3.63) is 63.0 Å². The van der Waals surface area contributed by atoms with Gasteiger partial charge in [-0.25, -0.2) is 4.98 Å². The number of fused-ring (bicyclic) bond motifs is 1. The fourth-order valence-electron chi connectivity index (χ4n) is 2.31. The van der Waals surface area contributed by atoms with Crippen LogP contribution < -0.4 is 5.56 Å². The van der Waals surface area contributed by atoms with Gasteiger partial charge in [-0.3, -0.25) is 9.69 Å². The molecule has 0 aliphatic rings. The molecule has 2 aromatic heterocycles. The molecule has 0 saturated carbocycles. The molecule has 0 atom stereocenters. The first-order chi connectivity index (χ1) is 10.1. The molecule has 108 valence electrons. The van der Waals surface area contributed by atoms with Gasteiger partial charge in [0.15, 0.2) is 0 Å². The lowest BCUT2D eigenvalue weighted by molar-refractivity contribution is 0.311. The van der Waals surface area contributed by atoms with E-state index in [2.05, 4.69) is 46.1 Å². The molecule has 3 aromatic rings. The number of H-pyrrole nitrogens is 1. The first kappa shape index (κ1) is 14.0. The molecule has 0 bridgehead atoms. The second-order valence-electron chi connectivity index (χ2n) is 5.31. The third kappa shape index (κ3) is 3.20. The number of hydrogen-bond donors (Lipinski definition) is 1. The highest BCUT2D eigenvalue weighted by atomic mass is 32.1. The van der Waals surface area contributed by atoms with E-state index >= 15 is 0 Å². The summed E-state index contributed by atoms with van der Waals surface area (Å²) in [6.07, 6.45) is 0. The quantitative estimate of drug-likeness (QED) is 0.806. The van der Waals surface area contributed by atoms with Crippen LogP contribution in [0.2, 0.25) is 0 Å². The molecule has 0 aliphatic heterocycles. The molecule has 0 radical (unpaired) electrons. The summed E-state index contributed by atoms with van der Waals surface area (Å²) in [4.78, 5) is 21.4. The number of nitrogens with zero attached hydrogens (tertiary/aromatic N) is 2. The lowest BCUT2D eigenvalue weighted by Crippen LogP contribution is -2.21. The molecule has 5 heteroatoms. The van der Waals surface area contributed by atoms with Crippen LogP contribution in [-0.2, 0) is 13.1 Å². The average molecular weight is 299 g/mol. The summed E-state index contributed by atoms with van der Waals surface area (Å²) in [5.41, 5.74) is 3.24. The molecule has 0 amide bonds. The summed E-state index contributed by atoms with van der Waals surface area (Å²) < 4.78 is 0.694. The molecule has 1 N–H and O–H groups in total. The number of aromatic nitrogens is 2. The van der Waals surface area contributed by atoms with Gasteiger partial charge in [0.25, 0.3) is 5.56 Å². The molecule has 0 fully saturated rings. The Bertz CT molecular complexity index is 804. The molecule has 2 heterocycles. The van der Waals surface area contributed by atoms with Crippen LogP contribution in [0.4, 0.5) is 0 Å². The number of aromatic amines is 1. The smallest absolute Gasteiger partial charge is 0.268 e. The van der Waals surface area contributed by atoms with Crippen LogP contribution in [0.5, 0.6) is 0 Å². The summed E-state index contributed by atoms with van der Waals surface area (Å²) in [5, 5.41) is 1.90. The van der Waals surface area contributed by atoms with Gasteiger partial charge in [0.2, 0.25) is 0 Å². The number of rotatable bonds is 4. The molecule has 21 heavy (non-hydrogen) atoms. The van der Waals surface area contributed by atoms with Gasteiger partial charge in [-0.15, -0.1) is 11.3 Å². The highest BCUT2D eigenvalue weighted by Gasteiger charge is 2.07. The average Bonchev–Trinajstić information content (AvgIpc) is 2.90. The Hall–Kier alpha value is -1.98. The maximum absolute atomic E-state index is 11.9. The molecule has 0 saturated heterocycles. The topological polar surface area (TPSA) is 49.0 Å². The number of nitrogens with one attached hydrogen (secondary N) is 1. The molecule has 0 aliphatic carbocycles. The molecule has 4 nitrogen and oxygen atoms in total. The van der Waals surface area contributed by atoms with E-state index in [9.17, 15) is 4.79 Å². The molecule has 0 spiro atoms. The van der Waals surface area contributed by atoms with Crippen molar-refractivity contribution >= 4 is 21.6 Å². The molecule has 0 unspecified atom stereocenters. The fraction of sp³-hybridized carbons (Fsp3) is 0.250. The van der Waals surface area contributed by atoms with Gasteiger partial charge in [0.05, 0.1) is 12.1 Å². The molecular formula is C16H17N3OS. The summed E-state index contributed by atoms with van der Waals surface area (Å²) in [7, 11) is 2.03. The van der Waals surface area contributed by atoms with Gasteiger partial charge in [-0.2, -0.15) is 0 Å². The van der Waals surface area contributed by atoms with Crippen LogP contribution in [-0.4, -0.2) is 21.9 Å². The standard InChI is InChI=1S/C16H17N3OS/c1-11-3-5-12(6-4-11)9-19(2)10-14-17-13-7-8-21-15(13)16(20)18-14/h3-8H,9-10H2,1-2H3,(H,17,18,20).